The molecule has 1 unspecified atom stereocenters. The third-order valence-corrected chi connectivity index (χ3v) is 3.18. The van der Waals surface area contributed by atoms with E-state index in [9.17, 15) is 0 Å². The maximum Gasteiger partial charge on any atom is 0.0639 e. The molecule has 0 fully saturated rings. The van der Waals surface area contributed by atoms with Crippen molar-refractivity contribution in [3.8, 4) is 0 Å². The van der Waals surface area contributed by atoms with E-state index in [2.05, 4.69) is 35.6 Å². The molecule has 1 atom stereocenters. The fourth-order valence-corrected chi connectivity index (χ4v) is 2.00. The van der Waals surface area contributed by atoms with Gasteiger partial charge in [0.1, 0.15) is 0 Å². The van der Waals surface area contributed by atoms with E-state index in [0.717, 1.165) is 6.54 Å². The standard InChI is InChI=1S/C12H19N5/c1-5-17-8-10(6-15-17)12(13-3)11-7-14-16(4)9(11)2/h6-8,12-13H,5H2,1-4H3. The maximum atomic E-state index is 4.31. The number of hydrogen-bond donors (Lipinski definition) is 1. The third-order valence-electron chi connectivity index (χ3n) is 3.18. The topological polar surface area (TPSA) is 47.7 Å². The van der Waals surface area contributed by atoms with Crippen molar-refractivity contribution >= 4 is 0 Å². The summed E-state index contributed by atoms with van der Waals surface area (Å²) in [6, 6.07) is 0.156. The first-order valence-corrected chi connectivity index (χ1v) is 5.85. The SMILES string of the molecule is CCn1cc(C(NC)c2cnn(C)c2C)cn1. The van der Waals surface area contributed by atoms with Crippen LogP contribution in [0.5, 0.6) is 0 Å². The van der Waals surface area contributed by atoms with Gasteiger partial charge in [-0.3, -0.25) is 9.36 Å². The van der Waals surface area contributed by atoms with E-state index < -0.39 is 0 Å². The summed E-state index contributed by atoms with van der Waals surface area (Å²) in [5.74, 6) is 0. The van der Waals surface area contributed by atoms with Crippen LogP contribution in [0, 0.1) is 6.92 Å². The minimum absolute atomic E-state index is 0.156. The van der Waals surface area contributed by atoms with Crippen molar-refractivity contribution in [3.05, 3.63) is 35.4 Å². The summed E-state index contributed by atoms with van der Waals surface area (Å²) >= 11 is 0. The number of nitrogens with one attached hydrogen (secondary N) is 1. The molecule has 0 spiro atoms. The molecule has 5 heteroatoms. The maximum absolute atomic E-state index is 4.31. The van der Waals surface area contributed by atoms with Crippen molar-refractivity contribution < 1.29 is 0 Å². The number of rotatable bonds is 4. The van der Waals surface area contributed by atoms with Crippen LogP contribution in [0.4, 0.5) is 0 Å². The van der Waals surface area contributed by atoms with E-state index in [1.54, 1.807) is 0 Å². The van der Waals surface area contributed by atoms with Crippen molar-refractivity contribution in [1.82, 2.24) is 24.9 Å². The van der Waals surface area contributed by atoms with Crippen LogP contribution in [0.15, 0.2) is 18.6 Å². The van der Waals surface area contributed by atoms with Crippen LogP contribution in [0.3, 0.4) is 0 Å². The quantitative estimate of drug-likeness (QED) is 0.864. The highest BCUT2D eigenvalue weighted by atomic mass is 15.3. The molecule has 0 aliphatic rings. The van der Waals surface area contributed by atoms with Gasteiger partial charge in [0.15, 0.2) is 0 Å². The van der Waals surface area contributed by atoms with Crippen molar-refractivity contribution in [2.24, 2.45) is 7.05 Å². The molecule has 0 aliphatic heterocycles. The first-order chi connectivity index (χ1) is 8.17. The van der Waals surface area contributed by atoms with Crippen LogP contribution in [0.25, 0.3) is 0 Å². The Balaban J connectivity index is 2.36. The van der Waals surface area contributed by atoms with E-state index in [1.165, 1.54) is 16.8 Å². The van der Waals surface area contributed by atoms with Gasteiger partial charge >= 0.3 is 0 Å². The molecular formula is C12H19N5. The zero-order valence-electron chi connectivity index (χ0n) is 10.8. The molecule has 92 valence electrons. The lowest BCUT2D eigenvalue weighted by atomic mass is 10.0. The highest BCUT2D eigenvalue weighted by Gasteiger charge is 2.18. The second-order valence-electron chi connectivity index (χ2n) is 4.16. The molecule has 0 radical (unpaired) electrons. The minimum atomic E-state index is 0.156. The Bertz CT molecular complexity index is 497. The van der Waals surface area contributed by atoms with Crippen LogP contribution in [0.2, 0.25) is 0 Å². The Morgan fingerprint density at radius 2 is 2.12 bits per heavy atom. The van der Waals surface area contributed by atoms with Crippen molar-refractivity contribution in [1.29, 1.82) is 0 Å². The smallest absolute Gasteiger partial charge is 0.0639 e. The molecule has 0 amide bonds. The highest BCUT2D eigenvalue weighted by Crippen LogP contribution is 2.23. The Morgan fingerprint density at radius 1 is 1.35 bits per heavy atom. The summed E-state index contributed by atoms with van der Waals surface area (Å²) in [5, 5.41) is 11.9. The van der Waals surface area contributed by atoms with Gasteiger partial charge in [-0.2, -0.15) is 10.2 Å². The molecule has 5 nitrogen and oxygen atoms in total. The van der Waals surface area contributed by atoms with E-state index >= 15 is 0 Å². The van der Waals surface area contributed by atoms with Crippen LogP contribution < -0.4 is 5.32 Å². The Hall–Kier alpha value is -1.62. The first-order valence-electron chi connectivity index (χ1n) is 5.85. The Kier molecular flexibility index (Phi) is 3.28. The Labute approximate surface area is 101 Å². The second kappa shape index (κ2) is 4.71. The molecule has 0 bridgehead atoms. The van der Waals surface area contributed by atoms with Crippen molar-refractivity contribution in [3.63, 3.8) is 0 Å². The Morgan fingerprint density at radius 3 is 2.59 bits per heavy atom. The normalized spacial score (nSPS) is 12.9. The molecule has 2 aromatic rings. The fraction of sp³-hybridized carbons (Fsp3) is 0.500. The highest BCUT2D eigenvalue weighted by molar-refractivity contribution is 5.30. The zero-order chi connectivity index (χ0) is 12.4. The molecule has 1 N–H and O–H groups in total. The first kappa shape index (κ1) is 11.9. The second-order valence-corrected chi connectivity index (χ2v) is 4.16. The van der Waals surface area contributed by atoms with Gasteiger partial charge in [0.2, 0.25) is 0 Å². The number of nitrogens with zero attached hydrogens (tertiary/aromatic N) is 4. The lowest BCUT2D eigenvalue weighted by Crippen LogP contribution is -2.17. The van der Waals surface area contributed by atoms with Gasteiger partial charge < -0.3 is 5.32 Å². The van der Waals surface area contributed by atoms with Crippen molar-refractivity contribution in [2.75, 3.05) is 7.05 Å². The summed E-state index contributed by atoms with van der Waals surface area (Å²) in [6.45, 7) is 5.06. The van der Waals surface area contributed by atoms with E-state index in [4.69, 9.17) is 0 Å². The van der Waals surface area contributed by atoms with E-state index in [1.807, 2.05) is 35.9 Å². The molecule has 2 rings (SSSR count). The molecular weight excluding hydrogens is 214 g/mol. The minimum Gasteiger partial charge on any atom is -0.309 e. The summed E-state index contributed by atoms with van der Waals surface area (Å²) < 4.78 is 3.83. The van der Waals surface area contributed by atoms with Gasteiger partial charge in [0, 0.05) is 36.6 Å². The third kappa shape index (κ3) is 2.10. The largest absolute Gasteiger partial charge is 0.309 e. The van der Waals surface area contributed by atoms with Crippen LogP contribution in [-0.4, -0.2) is 26.6 Å². The van der Waals surface area contributed by atoms with Gasteiger partial charge in [-0.15, -0.1) is 0 Å². The van der Waals surface area contributed by atoms with Gasteiger partial charge in [0.25, 0.3) is 0 Å². The van der Waals surface area contributed by atoms with Gasteiger partial charge in [-0.25, -0.2) is 0 Å². The number of aryl methyl sites for hydroxylation is 2. The molecule has 0 aromatic carbocycles. The summed E-state index contributed by atoms with van der Waals surface area (Å²) in [4.78, 5) is 0. The molecule has 2 aromatic heterocycles. The zero-order valence-corrected chi connectivity index (χ0v) is 10.8. The monoisotopic (exact) mass is 233 g/mol. The van der Waals surface area contributed by atoms with Crippen LogP contribution in [-0.2, 0) is 13.6 Å². The molecule has 0 saturated carbocycles. The average molecular weight is 233 g/mol. The molecule has 0 aliphatic carbocycles. The fourth-order valence-electron chi connectivity index (χ4n) is 2.00. The molecule has 17 heavy (non-hydrogen) atoms. The number of hydrogen-bond acceptors (Lipinski definition) is 3. The average Bonchev–Trinajstić information content (AvgIpc) is 2.92. The van der Waals surface area contributed by atoms with E-state index in [0.29, 0.717) is 0 Å². The van der Waals surface area contributed by atoms with Gasteiger partial charge in [-0.1, -0.05) is 0 Å². The van der Waals surface area contributed by atoms with Crippen LogP contribution >= 0.6 is 0 Å². The molecule has 2 heterocycles. The number of aromatic nitrogens is 4. The lowest BCUT2D eigenvalue weighted by molar-refractivity contribution is 0.652. The van der Waals surface area contributed by atoms with Gasteiger partial charge in [-0.05, 0) is 20.9 Å². The van der Waals surface area contributed by atoms with E-state index in [-0.39, 0.29) is 6.04 Å². The summed E-state index contributed by atoms with van der Waals surface area (Å²) in [7, 11) is 3.92. The summed E-state index contributed by atoms with van der Waals surface area (Å²) in [5.41, 5.74) is 3.55. The predicted octanol–water partition coefficient (Wildman–Crippen LogP) is 1.25. The molecule has 0 saturated heterocycles. The van der Waals surface area contributed by atoms with Crippen LogP contribution in [0.1, 0.15) is 29.8 Å². The van der Waals surface area contributed by atoms with Crippen molar-refractivity contribution in [2.45, 2.75) is 26.4 Å². The predicted molar refractivity (Wildman–Crippen MR) is 66.7 cm³/mol. The summed E-state index contributed by atoms with van der Waals surface area (Å²) in [6.07, 6.45) is 5.91. The lowest BCUT2D eigenvalue weighted by Gasteiger charge is -2.14. The van der Waals surface area contributed by atoms with Gasteiger partial charge in [0.05, 0.1) is 18.4 Å².